The zero-order chi connectivity index (χ0) is 23.8. The first-order chi connectivity index (χ1) is 16.4. The van der Waals surface area contributed by atoms with Crippen LogP contribution in [0.1, 0.15) is 26.3 Å². The van der Waals surface area contributed by atoms with Crippen molar-refractivity contribution < 1.29 is 28.7 Å². The lowest BCUT2D eigenvalue weighted by Gasteiger charge is -2.16. The summed E-state index contributed by atoms with van der Waals surface area (Å²) in [5.74, 6) is -0.493. The van der Waals surface area contributed by atoms with Crippen molar-refractivity contribution in [3.8, 4) is 11.5 Å². The number of amides is 4. The molecule has 34 heavy (non-hydrogen) atoms. The first kappa shape index (κ1) is 22.1. The van der Waals surface area contributed by atoms with E-state index in [9.17, 15) is 19.2 Å². The van der Waals surface area contributed by atoms with Gasteiger partial charge in [0, 0.05) is 13.1 Å². The molecule has 1 saturated heterocycles. The number of nitrogens with zero attached hydrogens (tertiary/aromatic N) is 2. The number of thioether (sulfide) groups is 1. The molecule has 0 atom stereocenters. The maximum Gasteiger partial charge on any atom is 0.266 e. The second-order valence-electron chi connectivity index (χ2n) is 7.54. The predicted molar refractivity (Wildman–Crippen MR) is 127 cm³/mol. The molecule has 9 nitrogen and oxygen atoms in total. The molecule has 0 unspecified atom stereocenters. The fraction of sp³-hybridized carbons (Fsp3) is 0.174. The summed E-state index contributed by atoms with van der Waals surface area (Å²) >= 11 is 6.50. The molecule has 0 radical (unpaired) electrons. The second kappa shape index (κ2) is 8.92. The highest BCUT2D eigenvalue weighted by Crippen LogP contribution is 2.36. The fourth-order valence-corrected chi connectivity index (χ4v) is 5.04. The second-order valence-corrected chi connectivity index (χ2v) is 9.21. The Balaban J connectivity index is 1.16. The number of benzene rings is 2. The summed E-state index contributed by atoms with van der Waals surface area (Å²) in [6, 6.07) is 11.8. The van der Waals surface area contributed by atoms with Crippen LogP contribution in [0, 0.1) is 0 Å². The van der Waals surface area contributed by atoms with Crippen LogP contribution in [0.4, 0.5) is 0 Å². The molecule has 0 aromatic heterocycles. The molecule has 4 amide bonds. The van der Waals surface area contributed by atoms with Gasteiger partial charge in [-0.1, -0.05) is 42.2 Å². The lowest BCUT2D eigenvalue weighted by Crippen LogP contribution is -2.43. The van der Waals surface area contributed by atoms with Crippen molar-refractivity contribution in [2.24, 2.45) is 0 Å². The molecule has 0 spiro atoms. The number of thiocarbonyl (C=S) groups is 1. The summed E-state index contributed by atoms with van der Waals surface area (Å²) in [5, 5.41) is 2.64. The highest BCUT2D eigenvalue weighted by atomic mass is 32.2. The lowest BCUT2D eigenvalue weighted by molar-refractivity contribution is -0.124. The SMILES string of the molecule is O=C(CN1C(=O)c2ccccc2C1=O)NCCN1C(=O)/C(=C\c2ccc3c(c2)OCO3)SC1=S. The summed E-state index contributed by atoms with van der Waals surface area (Å²) in [6.45, 7) is 0.0527. The number of hydrogen-bond acceptors (Lipinski definition) is 8. The maximum atomic E-state index is 12.8. The van der Waals surface area contributed by atoms with Gasteiger partial charge in [-0.25, -0.2) is 0 Å². The molecule has 2 aromatic rings. The summed E-state index contributed by atoms with van der Waals surface area (Å²) in [6.07, 6.45) is 1.72. The zero-order valence-corrected chi connectivity index (χ0v) is 19.2. The summed E-state index contributed by atoms with van der Waals surface area (Å²) in [4.78, 5) is 52.7. The van der Waals surface area contributed by atoms with E-state index in [2.05, 4.69) is 5.32 Å². The van der Waals surface area contributed by atoms with Crippen molar-refractivity contribution in [2.75, 3.05) is 26.4 Å². The van der Waals surface area contributed by atoms with E-state index in [4.69, 9.17) is 21.7 Å². The molecule has 0 saturated carbocycles. The van der Waals surface area contributed by atoms with E-state index in [0.717, 1.165) is 10.5 Å². The van der Waals surface area contributed by atoms with Gasteiger partial charge in [0.1, 0.15) is 10.9 Å². The van der Waals surface area contributed by atoms with Gasteiger partial charge in [0.15, 0.2) is 11.5 Å². The third-order valence-corrected chi connectivity index (χ3v) is 6.78. The van der Waals surface area contributed by atoms with Crippen LogP contribution in [0.3, 0.4) is 0 Å². The highest BCUT2D eigenvalue weighted by Gasteiger charge is 2.36. The quantitative estimate of drug-likeness (QED) is 0.369. The Hall–Kier alpha value is -3.70. The van der Waals surface area contributed by atoms with E-state index >= 15 is 0 Å². The van der Waals surface area contributed by atoms with E-state index in [1.54, 1.807) is 42.5 Å². The van der Waals surface area contributed by atoms with E-state index < -0.39 is 24.3 Å². The molecule has 5 rings (SSSR count). The van der Waals surface area contributed by atoms with Gasteiger partial charge < -0.3 is 14.8 Å². The molecular formula is C23H17N3O6S2. The molecule has 172 valence electrons. The number of carbonyl (C=O) groups excluding carboxylic acids is 4. The fourth-order valence-electron chi connectivity index (χ4n) is 3.74. The Morgan fingerprint density at radius 1 is 1.00 bits per heavy atom. The van der Waals surface area contributed by atoms with Crippen LogP contribution in [0.2, 0.25) is 0 Å². The van der Waals surface area contributed by atoms with Crippen LogP contribution >= 0.6 is 24.0 Å². The summed E-state index contributed by atoms with van der Waals surface area (Å²) < 4.78 is 11.0. The monoisotopic (exact) mass is 495 g/mol. The third kappa shape index (κ3) is 4.03. The molecule has 11 heteroatoms. The molecule has 3 heterocycles. The van der Waals surface area contributed by atoms with E-state index in [-0.39, 0.29) is 36.9 Å². The van der Waals surface area contributed by atoms with Gasteiger partial charge in [0.2, 0.25) is 12.7 Å². The Morgan fingerprint density at radius 3 is 2.44 bits per heavy atom. The van der Waals surface area contributed by atoms with Gasteiger partial charge in [0.05, 0.1) is 16.0 Å². The number of imide groups is 1. The molecule has 1 N–H and O–H groups in total. The van der Waals surface area contributed by atoms with E-state index in [1.807, 2.05) is 6.07 Å². The highest BCUT2D eigenvalue weighted by molar-refractivity contribution is 8.26. The molecule has 1 fully saturated rings. The first-order valence-electron chi connectivity index (χ1n) is 10.3. The Bertz CT molecular complexity index is 1260. The lowest BCUT2D eigenvalue weighted by atomic mass is 10.1. The Labute approximate surface area is 203 Å². The zero-order valence-electron chi connectivity index (χ0n) is 17.6. The van der Waals surface area contributed by atoms with Gasteiger partial charge in [-0.05, 0) is 35.9 Å². The van der Waals surface area contributed by atoms with Gasteiger partial charge in [-0.3, -0.25) is 29.0 Å². The Kier molecular flexibility index (Phi) is 5.80. The topological polar surface area (TPSA) is 105 Å². The summed E-state index contributed by atoms with van der Waals surface area (Å²) in [5.41, 5.74) is 1.35. The van der Waals surface area contributed by atoms with Crippen LogP contribution in [0.5, 0.6) is 11.5 Å². The normalized spacial score (nSPS) is 17.7. The largest absolute Gasteiger partial charge is 0.454 e. The van der Waals surface area contributed by atoms with Crippen LogP contribution in [-0.2, 0) is 9.59 Å². The third-order valence-electron chi connectivity index (χ3n) is 5.41. The predicted octanol–water partition coefficient (Wildman–Crippen LogP) is 2.03. The van der Waals surface area contributed by atoms with Gasteiger partial charge >= 0.3 is 0 Å². The molecule has 0 bridgehead atoms. The van der Waals surface area contributed by atoms with Crippen molar-refractivity contribution in [2.45, 2.75) is 0 Å². The molecule has 3 aliphatic rings. The number of fused-ring (bicyclic) bond motifs is 2. The standard InChI is InChI=1S/C23H17N3O6S2/c27-19(11-26-20(28)14-3-1-2-4-15(14)21(26)29)24-7-8-25-22(30)18(34-23(25)33)10-13-5-6-16-17(9-13)32-12-31-16/h1-6,9-10H,7-8,11-12H2,(H,24,27)/b18-10+. The van der Waals surface area contributed by atoms with E-state index in [0.29, 0.717) is 20.7 Å². The van der Waals surface area contributed by atoms with Crippen LogP contribution in [0.15, 0.2) is 47.4 Å². The minimum Gasteiger partial charge on any atom is -0.454 e. The van der Waals surface area contributed by atoms with Crippen molar-refractivity contribution >= 4 is 58.0 Å². The first-order valence-corrected chi connectivity index (χ1v) is 11.5. The van der Waals surface area contributed by atoms with Gasteiger partial charge in [-0.15, -0.1) is 0 Å². The average Bonchev–Trinajstić information content (AvgIpc) is 3.47. The summed E-state index contributed by atoms with van der Waals surface area (Å²) in [7, 11) is 0. The molecular weight excluding hydrogens is 478 g/mol. The number of ether oxygens (including phenoxy) is 2. The molecule has 3 aliphatic heterocycles. The van der Waals surface area contributed by atoms with E-state index in [1.165, 1.54) is 16.7 Å². The van der Waals surface area contributed by atoms with Crippen LogP contribution < -0.4 is 14.8 Å². The molecule has 2 aromatic carbocycles. The van der Waals surface area contributed by atoms with Crippen molar-refractivity contribution in [1.29, 1.82) is 0 Å². The maximum absolute atomic E-state index is 12.8. The number of carbonyl (C=O) groups is 4. The minimum atomic E-state index is -0.504. The Morgan fingerprint density at radius 2 is 1.71 bits per heavy atom. The molecule has 0 aliphatic carbocycles. The van der Waals surface area contributed by atoms with Crippen molar-refractivity contribution in [1.82, 2.24) is 15.1 Å². The number of hydrogen-bond donors (Lipinski definition) is 1. The van der Waals surface area contributed by atoms with Crippen molar-refractivity contribution in [3.63, 3.8) is 0 Å². The smallest absolute Gasteiger partial charge is 0.266 e. The van der Waals surface area contributed by atoms with Gasteiger partial charge in [-0.2, -0.15) is 0 Å². The number of rotatable bonds is 6. The average molecular weight is 496 g/mol. The van der Waals surface area contributed by atoms with Gasteiger partial charge in [0.25, 0.3) is 17.7 Å². The van der Waals surface area contributed by atoms with Crippen molar-refractivity contribution in [3.05, 3.63) is 64.1 Å². The minimum absolute atomic E-state index is 0.117. The number of nitrogens with one attached hydrogen (secondary N) is 1. The van der Waals surface area contributed by atoms with Crippen LogP contribution in [0.25, 0.3) is 6.08 Å². The van der Waals surface area contributed by atoms with Crippen LogP contribution in [-0.4, -0.2) is 64.2 Å².